The molecular formula is C20H24ClNO6. The Balaban J connectivity index is 1.96. The van der Waals surface area contributed by atoms with Crippen molar-refractivity contribution < 1.29 is 29.6 Å². The summed E-state index contributed by atoms with van der Waals surface area (Å²) >= 11 is 6.28. The lowest BCUT2D eigenvalue weighted by Gasteiger charge is -2.21. The summed E-state index contributed by atoms with van der Waals surface area (Å²) in [5.41, 5.74) is 1.51. The zero-order chi connectivity index (χ0) is 20.7. The summed E-state index contributed by atoms with van der Waals surface area (Å²) in [5, 5.41) is 32.1. The van der Waals surface area contributed by atoms with Gasteiger partial charge >= 0.3 is 5.97 Å². The van der Waals surface area contributed by atoms with Gasteiger partial charge in [-0.05, 0) is 49.2 Å². The molecule has 2 aromatic carbocycles. The van der Waals surface area contributed by atoms with Crippen molar-refractivity contribution in [2.45, 2.75) is 25.5 Å². The number of halogens is 1. The molecule has 0 heterocycles. The number of methoxy groups -OCH3 is 1. The Labute approximate surface area is 168 Å². The summed E-state index contributed by atoms with van der Waals surface area (Å²) in [5.74, 6) is -0.274. The van der Waals surface area contributed by atoms with Gasteiger partial charge in [0.25, 0.3) is 0 Å². The van der Waals surface area contributed by atoms with Crippen LogP contribution < -0.4 is 14.8 Å². The number of phenolic OH excluding ortho intramolecular Hbond substituents is 1. The molecule has 0 aliphatic heterocycles. The molecule has 0 fully saturated rings. The monoisotopic (exact) mass is 409 g/mol. The molecule has 2 atom stereocenters. The Kier molecular flexibility index (Phi) is 7.92. The van der Waals surface area contributed by atoms with Crippen LogP contribution in [-0.2, 0) is 11.2 Å². The molecule has 8 heteroatoms. The molecule has 28 heavy (non-hydrogen) atoms. The summed E-state index contributed by atoms with van der Waals surface area (Å²) in [6, 6.07) is 9.45. The minimum absolute atomic E-state index is 0.149. The second-order valence-corrected chi connectivity index (χ2v) is 6.71. The van der Waals surface area contributed by atoms with Crippen molar-refractivity contribution in [2.24, 2.45) is 0 Å². The standard InChI is InChI=1S/C20H24ClNO6/c1-12(20(26)13-3-5-15(23)6-4-13)22-8-7-14-9-17(27-2)18(10-16(14)21)28-11-19(24)25/h3-6,9-10,12,20,22-23,26H,7-8,11H2,1-2H3,(H,24,25)/t12-,20+/m0/s1. The maximum atomic E-state index is 10.7. The van der Waals surface area contributed by atoms with Gasteiger partial charge in [0.05, 0.1) is 13.2 Å². The second kappa shape index (κ2) is 10.2. The van der Waals surface area contributed by atoms with E-state index in [-0.39, 0.29) is 17.5 Å². The van der Waals surface area contributed by atoms with Crippen LogP contribution in [0.3, 0.4) is 0 Å². The fraction of sp³-hybridized carbons (Fsp3) is 0.350. The molecule has 2 aromatic rings. The van der Waals surface area contributed by atoms with Crippen molar-refractivity contribution in [3.63, 3.8) is 0 Å². The van der Waals surface area contributed by atoms with E-state index in [4.69, 9.17) is 26.2 Å². The van der Waals surface area contributed by atoms with Crippen LogP contribution in [0.4, 0.5) is 0 Å². The summed E-state index contributed by atoms with van der Waals surface area (Å²) < 4.78 is 10.4. The molecule has 0 bridgehead atoms. The quantitative estimate of drug-likeness (QED) is 0.477. The number of hydrogen-bond donors (Lipinski definition) is 4. The van der Waals surface area contributed by atoms with Crippen molar-refractivity contribution in [3.05, 3.63) is 52.5 Å². The number of aliphatic hydroxyl groups excluding tert-OH is 1. The fourth-order valence-corrected chi connectivity index (χ4v) is 2.94. The smallest absolute Gasteiger partial charge is 0.341 e. The number of carboxylic acid groups (broad SMARTS) is 1. The number of phenols is 1. The van der Waals surface area contributed by atoms with Crippen molar-refractivity contribution in [3.8, 4) is 17.2 Å². The van der Waals surface area contributed by atoms with E-state index in [2.05, 4.69) is 5.32 Å². The first-order chi connectivity index (χ1) is 13.3. The SMILES string of the molecule is COc1cc(CCN[C@@H](C)[C@@H](O)c2ccc(O)cc2)c(Cl)cc1OCC(=O)O. The lowest BCUT2D eigenvalue weighted by Crippen LogP contribution is -2.33. The molecule has 7 nitrogen and oxygen atoms in total. The average molecular weight is 410 g/mol. The van der Waals surface area contributed by atoms with Crippen molar-refractivity contribution in [2.75, 3.05) is 20.3 Å². The molecule has 2 rings (SSSR count). The number of carbonyl (C=O) groups is 1. The van der Waals surface area contributed by atoms with Gasteiger partial charge in [-0.2, -0.15) is 0 Å². The molecule has 0 saturated heterocycles. The first kappa shape index (κ1) is 21.8. The van der Waals surface area contributed by atoms with Gasteiger partial charge < -0.3 is 30.1 Å². The zero-order valence-electron chi connectivity index (χ0n) is 15.7. The van der Waals surface area contributed by atoms with Gasteiger partial charge in [0, 0.05) is 17.1 Å². The molecule has 0 saturated carbocycles. The minimum Gasteiger partial charge on any atom is -0.508 e. The number of nitrogens with one attached hydrogen (secondary N) is 1. The molecule has 0 aliphatic carbocycles. The van der Waals surface area contributed by atoms with Crippen LogP contribution in [0.2, 0.25) is 5.02 Å². The van der Waals surface area contributed by atoms with Gasteiger partial charge in [-0.1, -0.05) is 23.7 Å². The predicted octanol–water partition coefficient (Wildman–Crippen LogP) is 2.77. The number of carboxylic acids is 1. The van der Waals surface area contributed by atoms with E-state index in [9.17, 15) is 15.0 Å². The highest BCUT2D eigenvalue weighted by Gasteiger charge is 2.17. The fourth-order valence-electron chi connectivity index (χ4n) is 2.69. The van der Waals surface area contributed by atoms with Gasteiger partial charge in [-0.25, -0.2) is 4.79 Å². The van der Waals surface area contributed by atoms with Gasteiger partial charge in [-0.3, -0.25) is 0 Å². The van der Waals surface area contributed by atoms with Crippen molar-refractivity contribution in [1.29, 1.82) is 0 Å². The van der Waals surface area contributed by atoms with E-state index < -0.39 is 18.7 Å². The Hall–Kier alpha value is -2.48. The highest BCUT2D eigenvalue weighted by molar-refractivity contribution is 6.31. The first-order valence-corrected chi connectivity index (χ1v) is 9.11. The van der Waals surface area contributed by atoms with E-state index in [0.29, 0.717) is 29.3 Å². The molecule has 0 aromatic heterocycles. The maximum absolute atomic E-state index is 10.7. The van der Waals surface area contributed by atoms with E-state index in [1.807, 2.05) is 6.92 Å². The third-order valence-corrected chi connectivity index (χ3v) is 4.60. The minimum atomic E-state index is -1.09. The topological polar surface area (TPSA) is 108 Å². The maximum Gasteiger partial charge on any atom is 0.341 e. The normalized spacial score (nSPS) is 13.0. The van der Waals surface area contributed by atoms with Crippen LogP contribution in [0.1, 0.15) is 24.2 Å². The highest BCUT2D eigenvalue weighted by Crippen LogP contribution is 2.33. The third kappa shape index (κ3) is 6.02. The van der Waals surface area contributed by atoms with Crippen LogP contribution in [0, 0.1) is 0 Å². The van der Waals surface area contributed by atoms with Crippen molar-refractivity contribution in [1.82, 2.24) is 5.32 Å². The molecule has 0 radical (unpaired) electrons. The lowest BCUT2D eigenvalue weighted by atomic mass is 10.0. The summed E-state index contributed by atoms with van der Waals surface area (Å²) in [7, 11) is 1.47. The Morgan fingerprint density at radius 1 is 1.21 bits per heavy atom. The summed E-state index contributed by atoms with van der Waals surface area (Å²) in [4.78, 5) is 10.7. The van der Waals surface area contributed by atoms with E-state index in [1.54, 1.807) is 18.2 Å². The third-order valence-electron chi connectivity index (χ3n) is 4.25. The average Bonchev–Trinajstić information content (AvgIpc) is 2.67. The molecule has 0 aliphatic rings. The van der Waals surface area contributed by atoms with Crippen LogP contribution in [0.25, 0.3) is 0 Å². The summed E-state index contributed by atoms with van der Waals surface area (Å²) in [6.45, 7) is 1.93. The molecule has 0 amide bonds. The zero-order valence-corrected chi connectivity index (χ0v) is 16.4. The number of rotatable bonds is 10. The van der Waals surface area contributed by atoms with E-state index >= 15 is 0 Å². The number of aliphatic carboxylic acids is 1. The van der Waals surface area contributed by atoms with Crippen LogP contribution in [0.15, 0.2) is 36.4 Å². The Morgan fingerprint density at radius 3 is 2.50 bits per heavy atom. The Bertz CT molecular complexity index is 796. The number of hydrogen-bond acceptors (Lipinski definition) is 6. The van der Waals surface area contributed by atoms with Crippen LogP contribution in [-0.4, -0.2) is 47.6 Å². The molecule has 4 N–H and O–H groups in total. The van der Waals surface area contributed by atoms with E-state index in [1.165, 1.54) is 25.3 Å². The summed E-state index contributed by atoms with van der Waals surface area (Å²) in [6.07, 6.45) is -0.154. The van der Waals surface area contributed by atoms with Crippen LogP contribution >= 0.6 is 11.6 Å². The molecule has 0 spiro atoms. The number of benzene rings is 2. The van der Waals surface area contributed by atoms with Crippen LogP contribution in [0.5, 0.6) is 17.2 Å². The highest BCUT2D eigenvalue weighted by atomic mass is 35.5. The molecule has 0 unspecified atom stereocenters. The first-order valence-electron chi connectivity index (χ1n) is 8.73. The molecular weight excluding hydrogens is 386 g/mol. The van der Waals surface area contributed by atoms with Gasteiger partial charge in [-0.15, -0.1) is 0 Å². The van der Waals surface area contributed by atoms with Crippen molar-refractivity contribution >= 4 is 17.6 Å². The predicted molar refractivity (Wildman–Crippen MR) is 105 cm³/mol. The van der Waals surface area contributed by atoms with Gasteiger partial charge in [0.2, 0.25) is 0 Å². The Morgan fingerprint density at radius 2 is 1.89 bits per heavy atom. The number of ether oxygens (including phenoxy) is 2. The van der Waals surface area contributed by atoms with E-state index in [0.717, 1.165) is 5.56 Å². The van der Waals surface area contributed by atoms with Gasteiger partial charge in [0.15, 0.2) is 18.1 Å². The number of aromatic hydroxyl groups is 1. The second-order valence-electron chi connectivity index (χ2n) is 6.31. The molecule has 152 valence electrons. The lowest BCUT2D eigenvalue weighted by molar-refractivity contribution is -0.139. The number of aliphatic hydroxyl groups is 1. The largest absolute Gasteiger partial charge is 0.508 e. The van der Waals surface area contributed by atoms with Gasteiger partial charge in [0.1, 0.15) is 5.75 Å².